The van der Waals surface area contributed by atoms with Crippen LogP contribution in [0.1, 0.15) is 36.4 Å². The minimum Gasteiger partial charge on any atom is -0.497 e. The lowest BCUT2D eigenvalue weighted by molar-refractivity contribution is 0.173. The zero-order valence-corrected chi connectivity index (χ0v) is 12.7. The number of aliphatic hydroxyl groups excluding tert-OH is 1. The first-order valence-corrected chi connectivity index (χ1v) is 7.04. The number of pyridine rings is 1. The summed E-state index contributed by atoms with van der Waals surface area (Å²) in [5.74, 6) is 1.53. The molecule has 21 heavy (non-hydrogen) atoms. The first kappa shape index (κ1) is 15.3. The van der Waals surface area contributed by atoms with Crippen molar-refractivity contribution in [2.24, 2.45) is 0 Å². The quantitative estimate of drug-likeness (QED) is 0.884. The average molecular weight is 287 g/mol. The minimum atomic E-state index is -0.415. The van der Waals surface area contributed by atoms with Crippen LogP contribution in [0.15, 0.2) is 36.4 Å². The first-order valence-electron chi connectivity index (χ1n) is 7.04. The molecule has 0 saturated carbocycles. The topological polar surface area (TPSA) is 51.6 Å². The van der Waals surface area contributed by atoms with E-state index in [1.807, 2.05) is 50.2 Å². The van der Waals surface area contributed by atoms with E-state index in [2.05, 4.69) is 4.98 Å². The Balaban J connectivity index is 2.01. The van der Waals surface area contributed by atoms with Gasteiger partial charge in [-0.1, -0.05) is 19.1 Å². The monoisotopic (exact) mass is 287 g/mol. The molecule has 4 heteroatoms. The van der Waals surface area contributed by atoms with E-state index < -0.39 is 6.10 Å². The summed E-state index contributed by atoms with van der Waals surface area (Å²) in [5, 5.41) is 9.75. The van der Waals surface area contributed by atoms with Crippen LogP contribution in [0.4, 0.5) is 0 Å². The molecule has 0 aliphatic heterocycles. The van der Waals surface area contributed by atoms with Gasteiger partial charge >= 0.3 is 0 Å². The fourth-order valence-electron chi connectivity index (χ4n) is 2.07. The van der Waals surface area contributed by atoms with E-state index in [-0.39, 0.29) is 0 Å². The van der Waals surface area contributed by atoms with Crippen LogP contribution in [0, 0.1) is 6.92 Å². The molecule has 112 valence electrons. The molecule has 1 aromatic heterocycles. The molecule has 2 aromatic rings. The molecule has 0 spiro atoms. The number of methoxy groups -OCH3 is 1. The van der Waals surface area contributed by atoms with Crippen molar-refractivity contribution in [3.8, 4) is 11.5 Å². The second-order valence-electron chi connectivity index (χ2n) is 4.92. The van der Waals surface area contributed by atoms with Crippen LogP contribution in [-0.4, -0.2) is 17.2 Å². The Labute approximate surface area is 125 Å². The van der Waals surface area contributed by atoms with Gasteiger partial charge in [0.15, 0.2) is 0 Å². The Kier molecular flexibility index (Phi) is 5.17. The van der Waals surface area contributed by atoms with Crippen molar-refractivity contribution in [1.29, 1.82) is 0 Å². The van der Waals surface area contributed by atoms with Crippen molar-refractivity contribution in [2.75, 3.05) is 7.11 Å². The lowest BCUT2D eigenvalue weighted by Crippen LogP contribution is -2.01. The molecule has 0 unspecified atom stereocenters. The number of rotatable bonds is 6. The van der Waals surface area contributed by atoms with Crippen LogP contribution < -0.4 is 9.47 Å². The maximum Gasteiger partial charge on any atom is 0.130 e. The molecule has 0 saturated heterocycles. The Morgan fingerprint density at radius 2 is 1.86 bits per heavy atom. The van der Waals surface area contributed by atoms with Crippen molar-refractivity contribution < 1.29 is 14.6 Å². The van der Waals surface area contributed by atoms with Gasteiger partial charge in [-0.3, -0.25) is 4.98 Å². The zero-order valence-electron chi connectivity index (χ0n) is 12.7. The SMILES string of the molecule is CC[C@@H](O)c1ccc(OCc2cc(OC)cc(C)n2)cc1. The summed E-state index contributed by atoms with van der Waals surface area (Å²) in [7, 11) is 1.64. The van der Waals surface area contributed by atoms with Crippen molar-refractivity contribution in [2.45, 2.75) is 33.0 Å². The second kappa shape index (κ2) is 7.09. The summed E-state index contributed by atoms with van der Waals surface area (Å²) in [6.07, 6.45) is 0.287. The molecule has 1 heterocycles. The van der Waals surface area contributed by atoms with Gasteiger partial charge in [0.1, 0.15) is 18.1 Å². The second-order valence-corrected chi connectivity index (χ2v) is 4.92. The van der Waals surface area contributed by atoms with Gasteiger partial charge in [-0.15, -0.1) is 0 Å². The Bertz CT molecular complexity index is 581. The van der Waals surface area contributed by atoms with E-state index in [9.17, 15) is 5.11 Å². The molecule has 0 radical (unpaired) electrons. The van der Waals surface area contributed by atoms with Crippen molar-refractivity contribution in [1.82, 2.24) is 4.98 Å². The van der Waals surface area contributed by atoms with Crippen molar-refractivity contribution in [3.05, 3.63) is 53.3 Å². The molecule has 4 nitrogen and oxygen atoms in total. The van der Waals surface area contributed by atoms with Gasteiger partial charge in [0, 0.05) is 17.8 Å². The number of aromatic nitrogens is 1. The molecular weight excluding hydrogens is 266 g/mol. The highest BCUT2D eigenvalue weighted by Gasteiger charge is 2.05. The molecule has 0 bridgehead atoms. The number of nitrogens with zero attached hydrogens (tertiary/aromatic N) is 1. The predicted octanol–water partition coefficient (Wildman–Crippen LogP) is 3.42. The van der Waals surface area contributed by atoms with Crippen LogP contribution in [0.5, 0.6) is 11.5 Å². The standard InChI is InChI=1S/C17H21NO3/c1-4-17(19)13-5-7-15(8-6-13)21-11-14-10-16(20-3)9-12(2)18-14/h5-10,17,19H,4,11H2,1-3H3/t17-/m1/s1. The summed E-state index contributed by atoms with van der Waals surface area (Å²) in [6, 6.07) is 11.2. The number of aliphatic hydroxyl groups is 1. The third-order valence-electron chi connectivity index (χ3n) is 3.25. The molecule has 0 fully saturated rings. The highest BCUT2D eigenvalue weighted by atomic mass is 16.5. The predicted molar refractivity (Wildman–Crippen MR) is 81.6 cm³/mol. The third-order valence-corrected chi connectivity index (χ3v) is 3.25. The van der Waals surface area contributed by atoms with Gasteiger partial charge < -0.3 is 14.6 Å². The summed E-state index contributed by atoms with van der Waals surface area (Å²) >= 11 is 0. The molecule has 2 rings (SSSR count). The number of benzene rings is 1. The Morgan fingerprint density at radius 1 is 1.14 bits per heavy atom. The van der Waals surface area contributed by atoms with Gasteiger partial charge in [-0.25, -0.2) is 0 Å². The van der Waals surface area contributed by atoms with Crippen LogP contribution in [0.3, 0.4) is 0 Å². The fourth-order valence-corrected chi connectivity index (χ4v) is 2.07. The molecule has 0 aliphatic carbocycles. The van der Waals surface area contributed by atoms with E-state index in [1.54, 1.807) is 7.11 Å². The van der Waals surface area contributed by atoms with Gasteiger partial charge in [-0.05, 0) is 31.0 Å². The normalized spacial score (nSPS) is 12.0. The Morgan fingerprint density at radius 3 is 2.48 bits per heavy atom. The van der Waals surface area contributed by atoms with Gasteiger partial charge in [0.2, 0.25) is 0 Å². The van der Waals surface area contributed by atoms with Crippen molar-refractivity contribution in [3.63, 3.8) is 0 Å². The smallest absolute Gasteiger partial charge is 0.130 e. The lowest BCUT2D eigenvalue weighted by Gasteiger charge is -2.11. The summed E-state index contributed by atoms with van der Waals surface area (Å²) in [5.41, 5.74) is 2.62. The van der Waals surface area contributed by atoms with E-state index in [0.29, 0.717) is 13.0 Å². The average Bonchev–Trinajstić information content (AvgIpc) is 2.52. The molecule has 1 atom stereocenters. The first-order chi connectivity index (χ1) is 10.1. The lowest BCUT2D eigenvalue weighted by atomic mass is 10.1. The maximum absolute atomic E-state index is 9.75. The maximum atomic E-state index is 9.75. The molecular formula is C17H21NO3. The van der Waals surface area contributed by atoms with E-state index in [1.165, 1.54) is 0 Å². The van der Waals surface area contributed by atoms with Crippen LogP contribution in [0.25, 0.3) is 0 Å². The molecule has 1 N–H and O–H groups in total. The number of hydrogen-bond acceptors (Lipinski definition) is 4. The molecule has 1 aromatic carbocycles. The fraction of sp³-hybridized carbons (Fsp3) is 0.353. The largest absolute Gasteiger partial charge is 0.497 e. The van der Waals surface area contributed by atoms with Gasteiger partial charge in [-0.2, -0.15) is 0 Å². The highest BCUT2D eigenvalue weighted by molar-refractivity contribution is 5.30. The number of ether oxygens (including phenoxy) is 2. The van der Waals surface area contributed by atoms with Crippen molar-refractivity contribution >= 4 is 0 Å². The van der Waals surface area contributed by atoms with Crippen LogP contribution in [0.2, 0.25) is 0 Å². The summed E-state index contributed by atoms with van der Waals surface area (Å²) in [6.45, 7) is 4.26. The number of aryl methyl sites for hydroxylation is 1. The molecule has 0 amide bonds. The summed E-state index contributed by atoms with van der Waals surface area (Å²) in [4.78, 5) is 4.41. The zero-order chi connectivity index (χ0) is 15.2. The molecule has 0 aliphatic rings. The number of hydrogen-bond donors (Lipinski definition) is 1. The third kappa shape index (κ3) is 4.20. The van der Waals surface area contributed by atoms with E-state index in [4.69, 9.17) is 9.47 Å². The van der Waals surface area contributed by atoms with Crippen LogP contribution in [-0.2, 0) is 6.61 Å². The van der Waals surface area contributed by atoms with Gasteiger partial charge in [0.05, 0.1) is 18.9 Å². The Hall–Kier alpha value is -2.07. The van der Waals surface area contributed by atoms with E-state index >= 15 is 0 Å². The highest BCUT2D eigenvalue weighted by Crippen LogP contribution is 2.21. The van der Waals surface area contributed by atoms with Crippen LogP contribution >= 0.6 is 0 Å². The van der Waals surface area contributed by atoms with Gasteiger partial charge in [0.25, 0.3) is 0 Å². The van der Waals surface area contributed by atoms with E-state index in [0.717, 1.165) is 28.5 Å². The summed E-state index contributed by atoms with van der Waals surface area (Å²) < 4.78 is 10.9. The minimum absolute atomic E-state index is 0.383.